The fourth-order valence-electron chi connectivity index (χ4n) is 2.30. The second-order valence-corrected chi connectivity index (χ2v) is 5.08. The van der Waals surface area contributed by atoms with Gasteiger partial charge in [0.2, 0.25) is 5.13 Å². The van der Waals surface area contributed by atoms with E-state index in [9.17, 15) is 0 Å². The van der Waals surface area contributed by atoms with Crippen molar-refractivity contribution in [3.8, 4) is 0 Å². The largest absolute Gasteiger partial charge is 0.318 e. The highest BCUT2D eigenvalue weighted by atomic mass is 32.1. The van der Waals surface area contributed by atoms with Crippen LogP contribution in [-0.2, 0) is 12.8 Å². The Morgan fingerprint density at radius 3 is 2.76 bits per heavy atom. The first-order chi connectivity index (χ1) is 8.34. The lowest BCUT2D eigenvalue weighted by Gasteiger charge is -2.20. The van der Waals surface area contributed by atoms with Gasteiger partial charge in [0, 0.05) is 24.3 Å². The van der Waals surface area contributed by atoms with Crippen molar-refractivity contribution in [2.45, 2.75) is 25.7 Å². The molecule has 1 aromatic heterocycles. The van der Waals surface area contributed by atoms with Gasteiger partial charge in [-0.25, -0.2) is 0 Å². The molecule has 0 radical (unpaired) electrons. The van der Waals surface area contributed by atoms with Gasteiger partial charge in [0.05, 0.1) is 0 Å². The van der Waals surface area contributed by atoms with E-state index in [1.165, 1.54) is 54.0 Å². The van der Waals surface area contributed by atoms with Crippen molar-refractivity contribution in [3.63, 3.8) is 0 Å². The molecule has 17 heavy (non-hydrogen) atoms. The molecule has 0 spiro atoms. The lowest BCUT2D eigenvalue weighted by molar-refractivity contribution is 0.685. The van der Waals surface area contributed by atoms with Crippen molar-refractivity contribution in [2.24, 2.45) is 0 Å². The number of hydrogen-bond acceptors (Lipinski definition) is 5. The molecule has 0 atom stereocenters. The summed E-state index contributed by atoms with van der Waals surface area (Å²) in [7, 11) is 2.01. The Labute approximate surface area is 104 Å². The van der Waals surface area contributed by atoms with Gasteiger partial charge in [-0.05, 0) is 54.2 Å². The lowest BCUT2D eigenvalue weighted by Crippen LogP contribution is -2.11. The van der Waals surface area contributed by atoms with Crippen LogP contribution in [0.1, 0.15) is 24.0 Å². The summed E-state index contributed by atoms with van der Waals surface area (Å²) in [5, 5.41) is 8.46. The monoisotopic (exact) mass is 246 g/mol. The van der Waals surface area contributed by atoms with E-state index < -0.39 is 0 Å². The molecule has 1 aliphatic carbocycles. The van der Waals surface area contributed by atoms with Crippen LogP contribution in [0, 0.1) is 0 Å². The molecule has 0 aliphatic heterocycles. The van der Waals surface area contributed by atoms with E-state index in [0.717, 1.165) is 5.13 Å². The molecule has 0 saturated carbocycles. The fourth-order valence-corrected chi connectivity index (χ4v) is 2.74. The molecule has 0 fully saturated rings. The molecule has 3 rings (SSSR count). The smallest absolute Gasteiger partial charge is 0.232 e. The number of aryl methyl sites for hydroxylation is 2. The van der Waals surface area contributed by atoms with E-state index in [0.29, 0.717) is 0 Å². The Bertz CT molecular complexity index is 509. The summed E-state index contributed by atoms with van der Waals surface area (Å²) in [4.78, 5) is 2.04. The second kappa shape index (κ2) is 4.41. The Kier molecular flexibility index (Phi) is 2.76. The van der Waals surface area contributed by atoms with Gasteiger partial charge in [-0.2, -0.15) is 0 Å². The highest BCUT2D eigenvalue weighted by Crippen LogP contribution is 2.29. The van der Waals surface area contributed by atoms with Crippen molar-refractivity contribution in [1.29, 1.82) is 0 Å². The summed E-state index contributed by atoms with van der Waals surface area (Å²) in [5.74, 6) is 0. The number of aromatic nitrogens is 3. The molecule has 2 aromatic rings. The highest BCUT2D eigenvalue weighted by Gasteiger charge is 2.13. The van der Waals surface area contributed by atoms with Gasteiger partial charge >= 0.3 is 0 Å². The maximum Gasteiger partial charge on any atom is 0.232 e. The molecule has 4 nitrogen and oxygen atoms in total. The minimum atomic E-state index is 0.834. The molecule has 0 N–H and O–H groups in total. The van der Waals surface area contributed by atoms with Crippen molar-refractivity contribution in [3.05, 3.63) is 29.3 Å². The summed E-state index contributed by atoms with van der Waals surface area (Å²) in [6, 6.07) is 6.68. The summed E-state index contributed by atoms with van der Waals surface area (Å²) in [6.07, 6.45) is 5.05. The van der Waals surface area contributed by atoms with E-state index in [1.807, 2.05) is 11.9 Å². The van der Waals surface area contributed by atoms with E-state index in [4.69, 9.17) is 0 Å². The van der Waals surface area contributed by atoms with Crippen LogP contribution in [0.5, 0.6) is 0 Å². The highest BCUT2D eigenvalue weighted by molar-refractivity contribution is 7.09. The molecule has 0 bridgehead atoms. The summed E-state index contributed by atoms with van der Waals surface area (Å²) in [6.45, 7) is 0. The lowest BCUT2D eigenvalue weighted by atomic mass is 9.91. The van der Waals surface area contributed by atoms with Gasteiger partial charge in [0.1, 0.15) is 0 Å². The first-order valence-corrected chi connectivity index (χ1v) is 6.62. The van der Waals surface area contributed by atoms with Crippen molar-refractivity contribution < 1.29 is 0 Å². The molecule has 0 unspecified atom stereocenters. The van der Waals surface area contributed by atoms with E-state index >= 15 is 0 Å². The van der Waals surface area contributed by atoms with Gasteiger partial charge in [-0.15, -0.1) is 0 Å². The third kappa shape index (κ3) is 2.02. The predicted molar refractivity (Wildman–Crippen MR) is 68.9 cm³/mol. The first-order valence-electron chi connectivity index (χ1n) is 5.85. The SMILES string of the molecule is CN(c1ccc2c(c1)CCCC2)c1nnns1. The van der Waals surface area contributed by atoms with Crippen molar-refractivity contribution >= 4 is 22.4 Å². The number of nitrogens with zero attached hydrogens (tertiary/aromatic N) is 4. The van der Waals surface area contributed by atoms with E-state index in [-0.39, 0.29) is 0 Å². The maximum atomic E-state index is 3.99. The third-order valence-corrected chi connectivity index (χ3v) is 3.97. The quantitative estimate of drug-likeness (QED) is 0.816. The van der Waals surface area contributed by atoms with Gasteiger partial charge in [0.15, 0.2) is 0 Å². The van der Waals surface area contributed by atoms with Gasteiger partial charge in [-0.1, -0.05) is 15.7 Å². The van der Waals surface area contributed by atoms with Crippen LogP contribution in [0.3, 0.4) is 0 Å². The average molecular weight is 246 g/mol. The molecule has 5 heteroatoms. The molecule has 88 valence electrons. The predicted octanol–water partition coefficient (Wildman–Crippen LogP) is 2.58. The zero-order valence-corrected chi connectivity index (χ0v) is 10.6. The maximum absolute atomic E-state index is 3.99. The number of fused-ring (bicyclic) bond motifs is 1. The van der Waals surface area contributed by atoms with Crippen LogP contribution >= 0.6 is 11.5 Å². The molecule has 0 saturated heterocycles. The van der Waals surface area contributed by atoms with Crippen LogP contribution in [0.4, 0.5) is 10.8 Å². The number of hydrogen-bond donors (Lipinski definition) is 0. The Morgan fingerprint density at radius 1 is 1.18 bits per heavy atom. The summed E-state index contributed by atoms with van der Waals surface area (Å²) < 4.78 is 3.80. The first kappa shape index (κ1) is 10.7. The number of benzene rings is 1. The van der Waals surface area contributed by atoms with Crippen LogP contribution in [0.2, 0.25) is 0 Å². The fraction of sp³-hybridized carbons (Fsp3) is 0.417. The Hall–Kier alpha value is -1.49. The van der Waals surface area contributed by atoms with E-state index in [1.54, 1.807) is 0 Å². The molecular formula is C12H14N4S. The van der Waals surface area contributed by atoms with E-state index in [2.05, 4.69) is 33.0 Å². The third-order valence-electron chi connectivity index (χ3n) is 3.30. The van der Waals surface area contributed by atoms with Crippen LogP contribution in [-0.4, -0.2) is 21.8 Å². The molecule has 0 amide bonds. The topological polar surface area (TPSA) is 41.9 Å². The van der Waals surface area contributed by atoms with Gasteiger partial charge in [0.25, 0.3) is 0 Å². The minimum absolute atomic E-state index is 0.834. The van der Waals surface area contributed by atoms with Crippen LogP contribution in [0.15, 0.2) is 18.2 Å². The van der Waals surface area contributed by atoms with Gasteiger partial charge in [-0.3, -0.25) is 0 Å². The Morgan fingerprint density at radius 2 is 2.00 bits per heavy atom. The zero-order chi connectivity index (χ0) is 11.7. The molecular weight excluding hydrogens is 232 g/mol. The number of anilines is 2. The molecule has 1 aliphatic rings. The van der Waals surface area contributed by atoms with Crippen LogP contribution in [0.25, 0.3) is 0 Å². The number of rotatable bonds is 2. The molecule has 1 heterocycles. The van der Waals surface area contributed by atoms with Crippen molar-refractivity contribution in [2.75, 3.05) is 11.9 Å². The molecule has 1 aromatic carbocycles. The van der Waals surface area contributed by atoms with Crippen molar-refractivity contribution in [1.82, 2.24) is 14.8 Å². The average Bonchev–Trinajstić information content (AvgIpc) is 2.91. The zero-order valence-electron chi connectivity index (χ0n) is 9.76. The second-order valence-electron chi connectivity index (χ2n) is 4.36. The summed E-state index contributed by atoms with van der Waals surface area (Å²) >= 11 is 1.32. The Balaban J connectivity index is 1.93. The standard InChI is InChI=1S/C12H14N4S/c1-16(12-13-14-15-17-12)11-7-6-9-4-2-3-5-10(9)8-11/h6-8H,2-5H2,1H3. The van der Waals surface area contributed by atoms with Gasteiger partial charge < -0.3 is 4.90 Å². The van der Waals surface area contributed by atoms with Crippen LogP contribution < -0.4 is 4.90 Å². The normalized spacial score (nSPS) is 14.4. The summed E-state index contributed by atoms with van der Waals surface area (Å²) in [5.41, 5.74) is 4.16. The minimum Gasteiger partial charge on any atom is -0.318 e.